The standard InChI is InChI=1S/C13H18N4OS/c14-13(18)16-15-9-11-2-1-3-12(8-11)10-17-4-6-19-7-5-17/h1-3,8-9H,4-7,10H2,(H3,14,16,18). The van der Waals surface area contributed by atoms with Crippen LogP contribution in [0, 0.1) is 0 Å². The molecule has 1 aliphatic heterocycles. The Bertz CT molecular complexity index is 458. The second-order valence-electron chi connectivity index (χ2n) is 4.37. The van der Waals surface area contributed by atoms with Gasteiger partial charge in [0.2, 0.25) is 0 Å². The Hall–Kier alpha value is -1.53. The van der Waals surface area contributed by atoms with Crippen LogP contribution in [0.1, 0.15) is 11.1 Å². The summed E-state index contributed by atoms with van der Waals surface area (Å²) in [6, 6.07) is 7.48. The molecule has 0 unspecified atom stereocenters. The van der Waals surface area contributed by atoms with Gasteiger partial charge in [-0.15, -0.1) is 0 Å². The molecular weight excluding hydrogens is 260 g/mol. The fraction of sp³-hybridized carbons (Fsp3) is 0.385. The molecule has 0 aromatic heterocycles. The maximum atomic E-state index is 10.5. The highest BCUT2D eigenvalue weighted by molar-refractivity contribution is 7.99. The highest BCUT2D eigenvalue weighted by atomic mass is 32.2. The van der Waals surface area contributed by atoms with Crippen LogP contribution in [-0.2, 0) is 6.54 Å². The minimum Gasteiger partial charge on any atom is -0.350 e. The first-order valence-electron chi connectivity index (χ1n) is 6.21. The van der Waals surface area contributed by atoms with Crippen molar-refractivity contribution in [3.63, 3.8) is 0 Å². The van der Waals surface area contributed by atoms with Gasteiger partial charge in [-0.2, -0.15) is 16.9 Å². The molecule has 0 saturated carbocycles. The summed E-state index contributed by atoms with van der Waals surface area (Å²) < 4.78 is 0. The molecule has 102 valence electrons. The average Bonchev–Trinajstić information content (AvgIpc) is 2.40. The lowest BCUT2D eigenvalue weighted by atomic mass is 10.1. The third-order valence-corrected chi connectivity index (χ3v) is 3.79. The van der Waals surface area contributed by atoms with Crippen LogP contribution in [0.25, 0.3) is 0 Å². The van der Waals surface area contributed by atoms with Crippen LogP contribution in [-0.4, -0.2) is 41.7 Å². The van der Waals surface area contributed by atoms with Crippen molar-refractivity contribution in [2.75, 3.05) is 24.6 Å². The average molecular weight is 278 g/mol. The Balaban J connectivity index is 1.94. The summed E-state index contributed by atoms with van der Waals surface area (Å²) in [6.45, 7) is 3.25. The number of primary amides is 1. The predicted molar refractivity (Wildman–Crippen MR) is 79.4 cm³/mol. The third kappa shape index (κ3) is 4.92. The molecule has 1 saturated heterocycles. The largest absolute Gasteiger partial charge is 0.350 e. The lowest BCUT2D eigenvalue weighted by molar-refractivity contribution is 0.249. The zero-order valence-corrected chi connectivity index (χ0v) is 11.5. The molecule has 0 spiro atoms. The van der Waals surface area contributed by atoms with Gasteiger partial charge in [0.25, 0.3) is 0 Å². The number of carbonyl (C=O) groups is 1. The monoisotopic (exact) mass is 278 g/mol. The number of benzene rings is 1. The van der Waals surface area contributed by atoms with Crippen molar-refractivity contribution in [1.29, 1.82) is 0 Å². The first-order valence-corrected chi connectivity index (χ1v) is 7.37. The molecule has 6 heteroatoms. The number of rotatable bonds is 4. The van der Waals surface area contributed by atoms with Gasteiger partial charge in [-0.05, 0) is 17.2 Å². The van der Waals surface area contributed by atoms with Crippen LogP contribution < -0.4 is 11.2 Å². The molecule has 3 N–H and O–H groups in total. The van der Waals surface area contributed by atoms with Crippen LogP contribution in [0.3, 0.4) is 0 Å². The summed E-state index contributed by atoms with van der Waals surface area (Å²) in [5.41, 5.74) is 9.34. The van der Waals surface area contributed by atoms with Gasteiger partial charge in [-0.3, -0.25) is 4.90 Å². The normalized spacial score (nSPS) is 16.6. The smallest absolute Gasteiger partial charge is 0.332 e. The van der Waals surface area contributed by atoms with E-state index in [4.69, 9.17) is 5.73 Å². The quantitative estimate of drug-likeness (QED) is 0.643. The number of thioether (sulfide) groups is 1. The van der Waals surface area contributed by atoms with Crippen LogP contribution in [0.2, 0.25) is 0 Å². The Labute approximate surface area is 117 Å². The van der Waals surface area contributed by atoms with E-state index in [1.165, 1.54) is 17.1 Å². The van der Waals surface area contributed by atoms with Crippen molar-refractivity contribution in [1.82, 2.24) is 10.3 Å². The number of carbonyl (C=O) groups excluding carboxylic acids is 1. The molecule has 1 heterocycles. The highest BCUT2D eigenvalue weighted by Crippen LogP contribution is 2.13. The van der Waals surface area contributed by atoms with Gasteiger partial charge in [-0.1, -0.05) is 18.2 Å². The fourth-order valence-electron chi connectivity index (χ4n) is 1.96. The second-order valence-corrected chi connectivity index (χ2v) is 5.59. The SMILES string of the molecule is NC(=O)NN=Cc1cccc(CN2CCSCC2)c1. The lowest BCUT2D eigenvalue weighted by Gasteiger charge is -2.26. The molecule has 0 radical (unpaired) electrons. The molecule has 0 atom stereocenters. The van der Waals surface area contributed by atoms with Crippen molar-refractivity contribution >= 4 is 24.0 Å². The van der Waals surface area contributed by atoms with Gasteiger partial charge in [0, 0.05) is 31.1 Å². The van der Waals surface area contributed by atoms with Gasteiger partial charge in [0.1, 0.15) is 0 Å². The van der Waals surface area contributed by atoms with Gasteiger partial charge >= 0.3 is 6.03 Å². The van der Waals surface area contributed by atoms with E-state index in [2.05, 4.69) is 27.6 Å². The Morgan fingerprint density at radius 3 is 3.00 bits per heavy atom. The minimum absolute atomic E-state index is 0.654. The number of nitrogens with zero attached hydrogens (tertiary/aromatic N) is 2. The highest BCUT2D eigenvalue weighted by Gasteiger charge is 2.10. The number of hydrogen-bond donors (Lipinski definition) is 2. The fourth-order valence-corrected chi connectivity index (χ4v) is 2.94. The molecule has 2 rings (SSSR count). The van der Waals surface area contributed by atoms with E-state index in [0.29, 0.717) is 0 Å². The Morgan fingerprint density at radius 1 is 1.47 bits per heavy atom. The van der Waals surface area contributed by atoms with Gasteiger partial charge in [0.15, 0.2) is 0 Å². The van der Waals surface area contributed by atoms with Crippen LogP contribution in [0.15, 0.2) is 29.4 Å². The zero-order chi connectivity index (χ0) is 13.5. The van der Waals surface area contributed by atoms with E-state index in [9.17, 15) is 4.79 Å². The molecule has 2 amide bonds. The number of hydrogen-bond acceptors (Lipinski definition) is 4. The summed E-state index contributed by atoms with van der Waals surface area (Å²) in [5.74, 6) is 2.42. The Morgan fingerprint density at radius 2 is 2.26 bits per heavy atom. The third-order valence-electron chi connectivity index (χ3n) is 2.85. The van der Waals surface area contributed by atoms with E-state index in [0.717, 1.165) is 25.2 Å². The van der Waals surface area contributed by atoms with Crippen molar-refractivity contribution < 1.29 is 4.79 Å². The molecule has 1 aliphatic rings. The van der Waals surface area contributed by atoms with Gasteiger partial charge in [0.05, 0.1) is 6.21 Å². The number of urea groups is 1. The van der Waals surface area contributed by atoms with Crippen LogP contribution in [0.5, 0.6) is 0 Å². The summed E-state index contributed by atoms with van der Waals surface area (Å²) in [4.78, 5) is 13.0. The molecule has 1 aromatic rings. The van der Waals surface area contributed by atoms with E-state index >= 15 is 0 Å². The first-order chi connectivity index (χ1) is 9.24. The summed E-state index contributed by atoms with van der Waals surface area (Å²) in [7, 11) is 0. The molecular formula is C13H18N4OS. The number of nitrogens with one attached hydrogen (secondary N) is 1. The van der Waals surface area contributed by atoms with Gasteiger partial charge < -0.3 is 5.73 Å². The molecule has 5 nitrogen and oxygen atoms in total. The van der Waals surface area contributed by atoms with E-state index in [1.54, 1.807) is 6.21 Å². The molecule has 1 aromatic carbocycles. The second kappa shape index (κ2) is 7.16. The van der Waals surface area contributed by atoms with Crippen molar-refractivity contribution in [2.24, 2.45) is 10.8 Å². The maximum absolute atomic E-state index is 10.5. The zero-order valence-electron chi connectivity index (χ0n) is 10.7. The van der Waals surface area contributed by atoms with Crippen molar-refractivity contribution in [3.05, 3.63) is 35.4 Å². The van der Waals surface area contributed by atoms with Gasteiger partial charge in [-0.25, -0.2) is 10.2 Å². The summed E-state index contributed by atoms with van der Waals surface area (Å²) >= 11 is 2.01. The van der Waals surface area contributed by atoms with Crippen molar-refractivity contribution in [3.8, 4) is 0 Å². The summed E-state index contributed by atoms with van der Waals surface area (Å²) in [6.07, 6.45) is 1.60. The molecule has 1 fully saturated rings. The number of amides is 2. The van der Waals surface area contributed by atoms with Crippen LogP contribution in [0.4, 0.5) is 4.79 Å². The molecule has 0 aliphatic carbocycles. The predicted octanol–water partition coefficient (Wildman–Crippen LogP) is 1.24. The summed E-state index contributed by atoms with van der Waals surface area (Å²) in [5, 5.41) is 3.76. The number of hydrazone groups is 1. The number of nitrogens with two attached hydrogens (primary N) is 1. The van der Waals surface area contributed by atoms with Crippen LogP contribution >= 0.6 is 11.8 Å². The van der Waals surface area contributed by atoms with E-state index in [1.807, 2.05) is 23.9 Å². The molecule has 19 heavy (non-hydrogen) atoms. The Kier molecular flexibility index (Phi) is 5.23. The lowest BCUT2D eigenvalue weighted by Crippen LogP contribution is -2.31. The topological polar surface area (TPSA) is 70.7 Å². The maximum Gasteiger partial charge on any atom is 0.332 e. The van der Waals surface area contributed by atoms with E-state index in [-0.39, 0.29) is 0 Å². The first kappa shape index (κ1) is 13.9. The minimum atomic E-state index is -0.654. The van der Waals surface area contributed by atoms with E-state index < -0.39 is 6.03 Å². The van der Waals surface area contributed by atoms with Crippen molar-refractivity contribution in [2.45, 2.75) is 6.54 Å². The molecule has 0 bridgehead atoms.